The minimum atomic E-state index is -1.13. The number of carbonyl (C=O) groups is 2. The lowest BCUT2D eigenvalue weighted by Crippen LogP contribution is -2.44. The number of non-ortho nitro benzene ring substituents is 1. The Balaban J connectivity index is 2.46. The Kier molecular flexibility index (Phi) is 4.81. The Hall–Kier alpha value is -2.64. The number of aliphatic carboxylic acids is 1. The fourth-order valence-corrected chi connectivity index (χ4v) is 1.23. The van der Waals surface area contributed by atoms with Crippen LogP contribution in [0.2, 0.25) is 0 Å². The molecule has 0 saturated heterocycles. The van der Waals surface area contributed by atoms with Gasteiger partial charge in [-0.25, -0.2) is 4.79 Å². The second kappa shape index (κ2) is 6.34. The number of nitro groups is 1. The van der Waals surface area contributed by atoms with Crippen LogP contribution in [0.3, 0.4) is 0 Å². The number of hydrogen-bond acceptors (Lipinski definition) is 4. The molecule has 0 unspecified atom stereocenters. The number of hydrogen-bond donors (Lipinski definition) is 3. The number of rotatable bonds is 5. The summed E-state index contributed by atoms with van der Waals surface area (Å²) in [6.45, 7) is 1.49. The highest BCUT2D eigenvalue weighted by Gasteiger charge is 2.13. The van der Waals surface area contributed by atoms with E-state index in [1.165, 1.54) is 31.2 Å². The van der Waals surface area contributed by atoms with Gasteiger partial charge in [-0.3, -0.25) is 14.9 Å². The molecule has 102 valence electrons. The molecule has 0 aromatic heterocycles. The highest BCUT2D eigenvalue weighted by molar-refractivity contribution is 5.82. The predicted molar refractivity (Wildman–Crippen MR) is 65.6 cm³/mol. The normalized spacial score (nSPS) is 11.4. The number of amides is 2. The van der Waals surface area contributed by atoms with Gasteiger partial charge in [0.15, 0.2) is 0 Å². The third-order valence-corrected chi connectivity index (χ3v) is 2.32. The van der Waals surface area contributed by atoms with E-state index >= 15 is 0 Å². The smallest absolute Gasteiger partial charge is 0.325 e. The largest absolute Gasteiger partial charge is 0.480 e. The molecule has 0 saturated carbocycles. The number of carboxylic acids is 1. The fraction of sp³-hybridized carbons (Fsp3) is 0.273. The molecule has 8 heteroatoms. The number of carboxylic acid groups (broad SMARTS) is 1. The van der Waals surface area contributed by atoms with Crippen LogP contribution in [-0.2, 0) is 11.3 Å². The van der Waals surface area contributed by atoms with Gasteiger partial charge in [0.1, 0.15) is 6.04 Å². The van der Waals surface area contributed by atoms with E-state index in [4.69, 9.17) is 5.11 Å². The van der Waals surface area contributed by atoms with Crippen LogP contribution in [0, 0.1) is 10.1 Å². The second-order valence-corrected chi connectivity index (χ2v) is 3.81. The monoisotopic (exact) mass is 267 g/mol. The van der Waals surface area contributed by atoms with Crippen LogP contribution in [-0.4, -0.2) is 28.1 Å². The van der Waals surface area contributed by atoms with E-state index < -0.39 is 23.0 Å². The molecule has 0 aliphatic heterocycles. The summed E-state index contributed by atoms with van der Waals surface area (Å²) in [5, 5.41) is 23.7. The van der Waals surface area contributed by atoms with Crippen molar-refractivity contribution in [2.24, 2.45) is 0 Å². The van der Waals surface area contributed by atoms with Crippen LogP contribution in [0.25, 0.3) is 0 Å². The summed E-state index contributed by atoms with van der Waals surface area (Å²) in [6.07, 6.45) is 0. The van der Waals surface area contributed by atoms with E-state index in [-0.39, 0.29) is 12.2 Å². The summed E-state index contributed by atoms with van der Waals surface area (Å²) < 4.78 is 0. The first-order valence-electron chi connectivity index (χ1n) is 5.40. The number of nitrogens with zero attached hydrogens (tertiary/aromatic N) is 1. The third kappa shape index (κ3) is 4.62. The van der Waals surface area contributed by atoms with E-state index in [1.807, 2.05) is 0 Å². The molecule has 0 aliphatic carbocycles. The molecule has 0 spiro atoms. The van der Waals surface area contributed by atoms with Crippen molar-refractivity contribution in [3.05, 3.63) is 39.9 Å². The van der Waals surface area contributed by atoms with E-state index in [0.717, 1.165) is 0 Å². The molecule has 1 rings (SSSR count). The van der Waals surface area contributed by atoms with Crippen LogP contribution in [0.15, 0.2) is 24.3 Å². The maximum absolute atomic E-state index is 11.3. The van der Waals surface area contributed by atoms with Gasteiger partial charge in [-0.1, -0.05) is 12.1 Å². The van der Waals surface area contributed by atoms with Gasteiger partial charge >= 0.3 is 12.0 Å². The first kappa shape index (κ1) is 14.4. The summed E-state index contributed by atoms with van der Waals surface area (Å²) in [5.74, 6) is -1.13. The zero-order valence-corrected chi connectivity index (χ0v) is 10.1. The van der Waals surface area contributed by atoms with Gasteiger partial charge in [0.05, 0.1) is 4.92 Å². The van der Waals surface area contributed by atoms with E-state index in [0.29, 0.717) is 5.56 Å². The van der Waals surface area contributed by atoms with Crippen molar-refractivity contribution in [1.29, 1.82) is 0 Å². The molecule has 1 aromatic rings. The number of nitrogens with one attached hydrogen (secondary N) is 2. The van der Waals surface area contributed by atoms with Crippen molar-refractivity contribution in [3.63, 3.8) is 0 Å². The van der Waals surface area contributed by atoms with Crippen molar-refractivity contribution in [2.75, 3.05) is 0 Å². The Bertz CT molecular complexity index is 486. The number of nitro benzene ring substituents is 1. The van der Waals surface area contributed by atoms with Crippen molar-refractivity contribution < 1.29 is 19.6 Å². The minimum Gasteiger partial charge on any atom is -0.480 e. The maximum Gasteiger partial charge on any atom is 0.325 e. The lowest BCUT2D eigenvalue weighted by Gasteiger charge is -2.10. The van der Waals surface area contributed by atoms with Gasteiger partial charge in [0.2, 0.25) is 0 Å². The summed E-state index contributed by atoms with van der Waals surface area (Å²) in [5.41, 5.74) is 0.636. The van der Waals surface area contributed by atoms with Gasteiger partial charge in [-0.15, -0.1) is 0 Å². The predicted octanol–water partition coefficient (Wildman–Crippen LogP) is 0.867. The topological polar surface area (TPSA) is 122 Å². The van der Waals surface area contributed by atoms with Crippen LogP contribution in [0.1, 0.15) is 12.5 Å². The lowest BCUT2D eigenvalue weighted by atomic mass is 10.2. The SMILES string of the molecule is C[C@H](NC(=O)NCc1ccc([N+](=O)[O-])cc1)C(=O)O. The molecule has 0 bridgehead atoms. The molecule has 1 atom stereocenters. The van der Waals surface area contributed by atoms with Crippen LogP contribution >= 0.6 is 0 Å². The van der Waals surface area contributed by atoms with Gasteiger partial charge < -0.3 is 15.7 Å². The van der Waals surface area contributed by atoms with Crippen LogP contribution in [0.4, 0.5) is 10.5 Å². The average molecular weight is 267 g/mol. The van der Waals surface area contributed by atoms with Crippen LogP contribution in [0.5, 0.6) is 0 Å². The molecule has 1 aromatic carbocycles. The molecule has 2 amide bonds. The molecule has 0 heterocycles. The third-order valence-electron chi connectivity index (χ3n) is 2.32. The van der Waals surface area contributed by atoms with Crippen molar-refractivity contribution in [1.82, 2.24) is 10.6 Å². The van der Waals surface area contributed by atoms with Gasteiger partial charge in [-0.05, 0) is 12.5 Å². The molecule has 0 radical (unpaired) electrons. The summed E-state index contributed by atoms with van der Waals surface area (Å²) in [4.78, 5) is 31.7. The Morgan fingerprint density at radius 3 is 2.42 bits per heavy atom. The second-order valence-electron chi connectivity index (χ2n) is 3.81. The zero-order valence-electron chi connectivity index (χ0n) is 10.1. The van der Waals surface area contributed by atoms with Crippen molar-refractivity contribution in [2.45, 2.75) is 19.5 Å². The molecule has 19 heavy (non-hydrogen) atoms. The van der Waals surface area contributed by atoms with Gasteiger partial charge in [0, 0.05) is 18.7 Å². The van der Waals surface area contributed by atoms with Crippen molar-refractivity contribution >= 4 is 17.7 Å². The molecule has 8 nitrogen and oxygen atoms in total. The summed E-state index contributed by atoms with van der Waals surface area (Å²) in [7, 11) is 0. The Morgan fingerprint density at radius 1 is 1.37 bits per heavy atom. The van der Waals surface area contributed by atoms with Crippen LogP contribution < -0.4 is 10.6 Å². The average Bonchev–Trinajstić information content (AvgIpc) is 2.36. The number of urea groups is 1. The standard InChI is InChI=1S/C11H13N3O5/c1-7(10(15)16)13-11(17)12-6-8-2-4-9(5-3-8)14(18)19/h2-5,7H,6H2,1H3,(H,15,16)(H2,12,13,17)/t7-/m0/s1. The molecular weight excluding hydrogens is 254 g/mol. The molecule has 0 aliphatic rings. The Morgan fingerprint density at radius 2 is 1.95 bits per heavy atom. The summed E-state index contributed by atoms with van der Waals surface area (Å²) >= 11 is 0. The summed E-state index contributed by atoms with van der Waals surface area (Å²) in [6, 6.07) is 4.08. The van der Waals surface area contributed by atoms with E-state index in [2.05, 4.69) is 10.6 Å². The highest BCUT2D eigenvalue weighted by Crippen LogP contribution is 2.11. The van der Waals surface area contributed by atoms with E-state index in [9.17, 15) is 19.7 Å². The highest BCUT2D eigenvalue weighted by atomic mass is 16.6. The quantitative estimate of drug-likeness (QED) is 0.539. The lowest BCUT2D eigenvalue weighted by molar-refractivity contribution is -0.384. The maximum atomic E-state index is 11.3. The molecule has 3 N–H and O–H groups in total. The number of benzene rings is 1. The zero-order chi connectivity index (χ0) is 14.4. The minimum absolute atomic E-state index is 0.0345. The van der Waals surface area contributed by atoms with Gasteiger partial charge in [-0.2, -0.15) is 0 Å². The van der Waals surface area contributed by atoms with Crippen molar-refractivity contribution in [3.8, 4) is 0 Å². The van der Waals surface area contributed by atoms with E-state index in [1.54, 1.807) is 0 Å². The Labute approximate surface area is 108 Å². The first-order chi connectivity index (χ1) is 8.90. The van der Waals surface area contributed by atoms with Gasteiger partial charge in [0.25, 0.3) is 5.69 Å². The number of carbonyl (C=O) groups excluding carboxylic acids is 1. The molecule has 0 fully saturated rings. The fourth-order valence-electron chi connectivity index (χ4n) is 1.23. The molecular formula is C11H13N3O5. The first-order valence-corrected chi connectivity index (χ1v) is 5.40.